The lowest BCUT2D eigenvalue weighted by atomic mass is 10.1. The standard InChI is InChI=1S/C20H26N2O4S/c1-15-10-11-16(2)19(14-15)22(27(4,24)25)17(3)20(23)21-12-13-26-18-8-6-5-7-9-18/h5-11,14,17H,12-13H2,1-4H3,(H,21,23)/t17-/m1/s1. The Bertz CT molecular complexity index is 882. The van der Waals surface area contributed by atoms with Crippen LogP contribution in [-0.4, -0.2) is 39.8 Å². The number of ether oxygens (including phenoxy) is 1. The molecule has 0 bridgehead atoms. The Kier molecular flexibility index (Phi) is 6.85. The zero-order valence-corrected chi connectivity index (χ0v) is 16.9. The van der Waals surface area contributed by atoms with E-state index in [9.17, 15) is 13.2 Å². The van der Waals surface area contributed by atoms with Gasteiger partial charge < -0.3 is 10.1 Å². The molecule has 0 saturated heterocycles. The Balaban J connectivity index is 2.05. The fourth-order valence-corrected chi connectivity index (χ4v) is 3.97. The van der Waals surface area contributed by atoms with Crippen LogP contribution in [0.4, 0.5) is 5.69 Å². The van der Waals surface area contributed by atoms with Crippen LogP contribution in [0.25, 0.3) is 0 Å². The second kappa shape index (κ2) is 8.90. The normalized spacial score (nSPS) is 12.3. The first-order chi connectivity index (χ1) is 12.7. The maximum atomic E-state index is 12.5. The fourth-order valence-electron chi connectivity index (χ4n) is 2.75. The van der Waals surface area contributed by atoms with Crippen molar-refractivity contribution in [3.05, 3.63) is 59.7 Å². The molecule has 7 heteroatoms. The van der Waals surface area contributed by atoms with Crippen LogP contribution < -0.4 is 14.4 Å². The molecule has 0 spiro atoms. The SMILES string of the molecule is Cc1ccc(C)c(N([C@H](C)C(=O)NCCOc2ccccc2)S(C)(=O)=O)c1. The second-order valence-electron chi connectivity index (χ2n) is 6.48. The molecule has 2 rings (SSSR count). The smallest absolute Gasteiger partial charge is 0.243 e. The molecule has 1 atom stereocenters. The molecule has 2 aromatic carbocycles. The van der Waals surface area contributed by atoms with Crippen LogP contribution in [0, 0.1) is 13.8 Å². The van der Waals surface area contributed by atoms with Gasteiger partial charge in [0.15, 0.2) is 0 Å². The molecule has 0 radical (unpaired) electrons. The van der Waals surface area contributed by atoms with Gasteiger partial charge in [-0.15, -0.1) is 0 Å². The quantitative estimate of drug-likeness (QED) is 0.703. The molecule has 6 nitrogen and oxygen atoms in total. The van der Waals surface area contributed by atoms with Crippen molar-refractivity contribution in [2.24, 2.45) is 0 Å². The highest BCUT2D eigenvalue weighted by Crippen LogP contribution is 2.26. The van der Waals surface area contributed by atoms with E-state index >= 15 is 0 Å². The van der Waals surface area contributed by atoms with Gasteiger partial charge in [-0.25, -0.2) is 8.42 Å². The van der Waals surface area contributed by atoms with Gasteiger partial charge in [0.1, 0.15) is 18.4 Å². The van der Waals surface area contributed by atoms with Gasteiger partial charge in [0, 0.05) is 0 Å². The molecule has 0 heterocycles. The van der Waals surface area contributed by atoms with E-state index in [0.717, 1.165) is 17.4 Å². The fraction of sp³-hybridized carbons (Fsp3) is 0.350. The maximum Gasteiger partial charge on any atom is 0.243 e. The number of benzene rings is 2. The summed E-state index contributed by atoms with van der Waals surface area (Å²) in [5.74, 6) is 0.339. The summed E-state index contributed by atoms with van der Waals surface area (Å²) >= 11 is 0. The summed E-state index contributed by atoms with van der Waals surface area (Å²) in [6.07, 6.45) is 1.11. The molecule has 1 N–H and O–H groups in total. The second-order valence-corrected chi connectivity index (χ2v) is 8.34. The summed E-state index contributed by atoms with van der Waals surface area (Å²) in [7, 11) is -3.63. The number of hydrogen-bond donors (Lipinski definition) is 1. The molecule has 0 aliphatic rings. The van der Waals surface area contributed by atoms with Crippen molar-refractivity contribution < 1.29 is 17.9 Å². The van der Waals surface area contributed by atoms with Crippen LogP contribution in [0.1, 0.15) is 18.1 Å². The van der Waals surface area contributed by atoms with Crippen LogP contribution in [0.5, 0.6) is 5.75 Å². The Morgan fingerprint density at radius 3 is 2.44 bits per heavy atom. The number of sulfonamides is 1. The summed E-state index contributed by atoms with van der Waals surface area (Å²) in [4.78, 5) is 12.5. The maximum absolute atomic E-state index is 12.5. The van der Waals surface area contributed by atoms with Gasteiger partial charge in [-0.2, -0.15) is 0 Å². The van der Waals surface area contributed by atoms with Crippen LogP contribution in [-0.2, 0) is 14.8 Å². The number of nitrogens with one attached hydrogen (secondary N) is 1. The molecule has 0 aromatic heterocycles. The lowest BCUT2D eigenvalue weighted by molar-refractivity contribution is -0.121. The molecule has 0 aliphatic carbocycles. The van der Waals surface area contributed by atoms with Crippen molar-refractivity contribution in [1.29, 1.82) is 0 Å². The predicted molar refractivity (Wildman–Crippen MR) is 108 cm³/mol. The van der Waals surface area contributed by atoms with E-state index in [2.05, 4.69) is 5.32 Å². The lowest BCUT2D eigenvalue weighted by Gasteiger charge is -2.29. The van der Waals surface area contributed by atoms with E-state index in [1.54, 1.807) is 13.0 Å². The van der Waals surface area contributed by atoms with Crippen molar-refractivity contribution in [2.45, 2.75) is 26.8 Å². The van der Waals surface area contributed by atoms with Gasteiger partial charge in [0.25, 0.3) is 0 Å². The number of carbonyl (C=O) groups excluding carboxylic acids is 1. The highest BCUT2D eigenvalue weighted by atomic mass is 32.2. The Morgan fingerprint density at radius 2 is 1.81 bits per heavy atom. The first kappa shape index (κ1) is 20.8. The number of anilines is 1. The molecule has 0 saturated carbocycles. The zero-order chi connectivity index (χ0) is 20.0. The Hall–Kier alpha value is -2.54. The lowest BCUT2D eigenvalue weighted by Crippen LogP contribution is -2.48. The number of nitrogens with zero attached hydrogens (tertiary/aromatic N) is 1. The molecule has 0 fully saturated rings. The van der Waals surface area contributed by atoms with E-state index < -0.39 is 16.1 Å². The average Bonchev–Trinajstić information content (AvgIpc) is 2.61. The summed E-state index contributed by atoms with van der Waals surface area (Å²) < 4.78 is 31.5. The van der Waals surface area contributed by atoms with E-state index in [-0.39, 0.29) is 12.5 Å². The number of carbonyl (C=O) groups is 1. The van der Waals surface area contributed by atoms with Crippen molar-refractivity contribution in [3.8, 4) is 5.75 Å². The molecule has 1 amide bonds. The van der Waals surface area contributed by atoms with E-state index in [4.69, 9.17) is 4.74 Å². The van der Waals surface area contributed by atoms with Gasteiger partial charge in [-0.1, -0.05) is 30.3 Å². The Labute approximate surface area is 161 Å². The van der Waals surface area contributed by atoms with E-state index in [0.29, 0.717) is 18.0 Å². The minimum atomic E-state index is -3.63. The molecule has 146 valence electrons. The summed E-state index contributed by atoms with van der Waals surface area (Å²) in [6.45, 7) is 5.86. The summed E-state index contributed by atoms with van der Waals surface area (Å²) in [5, 5.41) is 2.74. The monoisotopic (exact) mass is 390 g/mol. The van der Waals surface area contributed by atoms with Gasteiger partial charge in [0.05, 0.1) is 18.5 Å². The third-order valence-electron chi connectivity index (χ3n) is 4.10. The first-order valence-electron chi connectivity index (χ1n) is 8.72. The molecular weight excluding hydrogens is 364 g/mol. The van der Waals surface area contributed by atoms with Crippen LogP contribution in [0.15, 0.2) is 48.5 Å². The molecule has 0 aliphatic heterocycles. The zero-order valence-electron chi connectivity index (χ0n) is 16.1. The van der Waals surface area contributed by atoms with Crippen LogP contribution >= 0.6 is 0 Å². The summed E-state index contributed by atoms with van der Waals surface area (Å²) in [6, 6.07) is 13.9. The van der Waals surface area contributed by atoms with Crippen molar-refractivity contribution in [2.75, 3.05) is 23.7 Å². The Morgan fingerprint density at radius 1 is 1.15 bits per heavy atom. The molecule has 27 heavy (non-hydrogen) atoms. The summed E-state index contributed by atoms with van der Waals surface area (Å²) in [5.41, 5.74) is 2.23. The van der Waals surface area contributed by atoms with Crippen molar-refractivity contribution in [1.82, 2.24) is 5.32 Å². The molecular formula is C20H26N2O4S. The number of aryl methyl sites for hydroxylation is 2. The third-order valence-corrected chi connectivity index (χ3v) is 5.33. The van der Waals surface area contributed by atoms with Crippen molar-refractivity contribution >= 4 is 21.6 Å². The number of hydrogen-bond acceptors (Lipinski definition) is 4. The number of rotatable bonds is 8. The predicted octanol–water partition coefficient (Wildman–Crippen LogP) is 2.65. The highest BCUT2D eigenvalue weighted by molar-refractivity contribution is 7.92. The minimum absolute atomic E-state index is 0.280. The largest absolute Gasteiger partial charge is 0.492 e. The number of para-hydroxylation sites is 1. The minimum Gasteiger partial charge on any atom is -0.492 e. The van der Waals surface area contributed by atoms with Gasteiger partial charge in [0.2, 0.25) is 15.9 Å². The average molecular weight is 391 g/mol. The highest BCUT2D eigenvalue weighted by Gasteiger charge is 2.30. The molecule has 0 unspecified atom stereocenters. The molecule has 2 aromatic rings. The third kappa shape index (κ3) is 5.72. The van der Waals surface area contributed by atoms with Gasteiger partial charge in [-0.05, 0) is 50.1 Å². The van der Waals surface area contributed by atoms with E-state index in [1.807, 2.05) is 56.3 Å². The topological polar surface area (TPSA) is 75.7 Å². The first-order valence-corrected chi connectivity index (χ1v) is 10.6. The van der Waals surface area contributed by atoms with Gasteiger partial charge >= 0.3 is 0 Å². The van der Waals surface area contributed by atoms with Crippen LogP contribution in [0.2, 0.25) is 0 Å². The van der Waals surface area contributed by atoms with Crippen molar-refractivity contribution in [3.63, 3.8) is 0 Å². The number of amides is 1. The van der Waals surface area contributed by atoms with Crippen LogP contribution in [0.3, 0.4) is 0 Å². The van der Waals surface area contributed by atoms with Gasteiger partial charge in [-0.3, -0.25) is 9.10 Å². The van der Waals surface area contributed by atoms with E-state index in [1.165, 1.54) is 4.31 Å².